The second-order valence-corrected chi connectivity index (χ2v) is 6.76. The first-order chi connectivity index (χ1) is 8.51. The molecule has 100 valence electrons. The van der Waals surface area contributed by atoms with Gasteiger partial charge in [0.05, 0.1) is 4.90 Å². The van der Waals surface area contributed by atoms with E-state index in [1.807, 2.05) is 6.92 Å². The van der Waals surface area contributed by atoms with Crippen LogP contribution in [-0.2, 0) is 16.6 Å². The molecule has 0 spiro atoms. The third-order valence-corrected chi connectivity index (χ3v) is 4.81. The van der Waals surface area contributed by atoms with Crippen molar-refractivity contribution < 1.29 is 8.42 Å². The summed E-state index contributed by atoms with van der Waals surface area (Å²) in [7, 11) is -3.39. The largest absolute Gasteiger partial charge is 0.326 e. The SMILES string of the molecule is CC(CC1CC1)NS(=O)(=O)c1ccc(CN)cc1. The molecule has 1 aliphatic rings. The van der Waals surface area contributed by atoms with Crippen molar-refractivity contribution in [2.24, 2.45) is 11.7 Å². The van der Waals surface area contributed by atoms with Crippen LogP contribution in [0.5, 0.6) is 0 Å². The normalized spacial score (nSPS) is 17.7. The van der Waals surface area contributed by atoms with E-state index in [0.29, 0.717) is 17.4 Å². The fourth-order valence-electron chi connectivity index (χ4n) is 2.04. The predicted molar refractivity (Wildman–Crippen MR) is 71.5 cm³/mol. The molecule has 3 N–H and O–H groups in total. The first-order valence-electron chi connectivity index (χ1n) is 6.32. The summed E-state index contributed by atoms with van der Waals surface area (Å²) in [5.41, 5.74) is 6.42. The van der Waals surface area contributed by atoms with Gasteiger partial charge in [-0.1, -0.05) is 25.0 Å². The van der Waals surface area contributed by atoms with Crippen molar-refractivity contribution in [1.82, 2.24) is 4.72 Å². The maximum absolute atomic E-state index is 12.1. The highest BCUT2D eigenvalue weighted by Gasteiger charge is 2.26. The molecule has 2 rings (SSSR count). The molecule has 5 heteroatoms. The Morgan fingerprint density at radius 1 is 1.33 bits per heavy atom. The molecule has 0 aliphatic heterocycles. The van der Waals surface area contributed by atoms with Gasteiger partial charge in [-0.25, -0.2) is 13.1 Å². The van der Waals surface area contributed by atoms with E-state index in [9.17, 15) is 8.42 Å². The molecule has 1 saturated carbocycles. The number of rotatable bonds is 6. The van der Waals surface area contributed by atoms with Gasteiger partial charge in [0.1, 0.15) is 0 Å². The van der Waals surface area contributed by atoms with Crippen molar-refractivity contribution in [3.8, 4) is 0 Å². The second kappa shape index (κ2) is 5.38. The zero-order chi connectivity index (χ0) is 13.2. The van der Waals surface area contributed by atoms with Gasteiger partial charge >= 0.3 is 0 Å². The lowest BCUT2D eigenvalue weighted by Gasteiger charge is -2.14. The maximum atomic E-state index is 12.1. The first-order valence-corrected chi connectivity index (χ1v) is 7.81. The van der Waals surface area contributed by atoms with E-state index in [1.165, 1.54) is 12.8 Å². The van der Waals surface area contributed by atoms with Crippen LogP contribution in [0.2, 0.25) is 0 Å². The molecule has 0 heterocycles. The summed E-state index contributed by atoms with van der Waals surface area (Å²) in [6.45, 7) is 2.34. The summed E-state index contributed by atoms with van der Waals surface area (Å²) >= 11 is 0. The molecule has 4 nitrogen and oxygen atoms in total. The fourth-order valence-corrected chi connectivity index (χ4v) is 3.30. The number of nitrogens with two attached hydrogens (primary N) is 1. The molecule has 1 fully saturated rings. The molecule has 1 aromatic carbocycles. The van der Waals surface area contributed by atoms with Gasteiger partial charge in [0.25, 0.3) is 0 Å². The predicted octanol–water partition coefficient (Wildman–Crippen LogP) is 1.61. The summed E-state index contributed by atoms with van der Waals surface area (Å²) in [5.74, 6) is 0.710. The Morgan fingerprint density at radius 2 is 1.94 bits per heavy atom. The number of sulfonamides is 1. The number of hydrogen-bond donors (Lipinski definition) is 2. The van der Waals surface area contributed by atoms with Crippen molar-refractivity contribution >= 4 is 10.0 Å². The minimum atomic E-state index is -3.39. The van der Waals surface area contributed by atoms with Gasteiger partial charge in [-0.05, 0) is 37.0 Å². The van der Waals surface area contributed by atoms with Crippen LogP contribution in [0.15, 0.2) is 29.2 Å². The quantitative estimate of drug-likeness (QED) is 0.823. The molecule has 1 unspecified atom stereocenters. The van der Waals surface area contributed by atoms with Crippen LogP contribution in [0.25, 0.3) is 0 Å². The lowest BCUT2D eigenvalue weighted by Crippen LogP contribution is -2.32. The zero-order valence-corrected chi connectivity index (χ0v) is 11.4. The van der Waals surface area contributed by atoms with Crippen molar-refractivity contribution in [2.75, 3.05) is 0 Å². The van der Waals surface area contributed by atoms with Crippen LogP contribution in [0, 0.1) is 5.92 Å². The summed E-state index contributed by atoms with van der Waals surface area (Å²) in [4.78, 5) is 0.308. The standard InChI is InChI=1S/C13H20N2O2S/c1-10(8-11-2-3-11)15-18(16,17)13-6-4-12(9-14)5-7-13/h4-7,10-11,15H,2-3,8-9,14H2,1H3. The first kappa shape index (κ1) is 13.5. The third-order valence-electron chi connectivity index (χ3n) is 3.21. The van der Waals surface area contributed by atoms with Gasteiger partial charge in [-0.15, -0.1) is 0 Å². The molecule has 1 aromatic rings. The van der Waals surface area contributed by atoms with E-state index in [0.717, 1.165) is 12.0 Å². The summed E-state index contributed by atoms with van der Waals surface area (Å²) in [6, 6.07) is 6.71. The molecule has 1 aliphatic carbocycles. The van der Waals surface area contributed by atoms with E-state index in [4.69, 9.17) is 5.73 Å². The zero-order valence-electron chi connectivity index (χ0n) is 10.6. The summed E-state index contributed by atoms with van der Waals surface area (Å²) < 4.78 is 26.9. The molecule has 0 aromatic heterocycles. The highest BCUT2D eigenvalue weighted by molar-refractivity contribution is 7.89. The Morgan fingerprint density at radius 3 is 2.44 bits per heavy atom. The van der Waals surface area contributed by atoms with Crippen LogP contribution >= 0.6 is 0 Å². The van der Waals surface area contributed by atoms with Crippen LogP contribution < -0.4 is 10.5 Å². The summed E-state index contributed by atoms with van der Waals surface area (Å²) in [5, 5.41) is 0. The molecule has 0 radical (unpaired) electrons. The van der Waals surface area contributed by atoms with E-state index in [2.05, 4.69) is 4.72 Å². The van der Waals surface area contributed by atoms with Crippen LogP contribution in [0.4, 0.5) is 0 Å². The van der Waals surface area contributed by atoms with Gasteiger partial charge in [0.2, 0.25) is 10.0 Å². The van der Waals surface area contributed by atoms with E-state index < -0.39 is 10.0 Å². The molecule has 1 atom stereocenters. The molecular weight excluding hydrogens is 248 g/mol. The highest BCUT2D eigenvalue weighted by atomic mass is 32.2. The molecule has 0 saturated heterocycles. The smallest absolute Gasteiger partial charge is 0.240 e. The number of nitrogens with one attached hydrogen (secondary N) is 1. The van der Waals surface area contributed by atoms with Crippen molar-refractivity contribution in [3.05, 3.63) is 29.8 Å². The van der Waals surface area contributed by atoms with Crippen molar-refractivity contribution in [2.45, 2.75) is 43.7 Å². The molecular formula is C13H20N2O2S. The van der Waals surface area contributed by atoms with Gasteiger partial charge in [-0.3, -0.25) is 0 Å². The monoisotopic (exact) mass is 268 g/mol. The Balaban J connectivity index is 2.03. The number of benzene rings is 1. The van der Waals surface area contributed by atoms with Crippen LogP contribution in [-0.4, -0.2) is 14.5 Å². The minimum absolute atomic E-state index is 0.00307. The average molecular weight is 268 g/mol. The maximum Gasteiger partial charge on any atom is 0.240 e. The summed E-state index contributed by atoms with van der Waals surface area (Å²) in [6.07, 6.45) is 3.40. The van der Waals surface area contributed by atoms with Crippen LogP contribution in [0.3, 0.4) is 0 Å². The lowest BCUT2D eigenvalue weighted by atomic mass is 10.2. The molecule has 18 heavy (non-hydrogen) atoms. The van der Waals surface area contributed by atoms with Gasteiger partial charge in [0, 0.05) is 12.6 Å². The van der Waals surface area contributed by atoms with Gasteiger partial charge in [0.15, 0.2) is 0 Å². The number of hydrogen-bond acceptors (Lipinski definition) is 3. The fraction of sp³-hybridized carbons (Fsp3) is 0.538. The molecule has 0 amide bonds. The van der Waals surface area contributed by atoms with Gasteiger partial charge in [-0.2, -0.15) is 0 Å². The Kier molecular flexibility index (Phi) is 4.04. The third kappa shape index (κ3) is 3.54. The van der Waals surface area contributed by atoms with E-state index in [-0.39, 0.29) is 6.04 Å². The van der Waals surface area contributed by atoms with Crippen molar-refractivity contribution in [3.63, 3.8) is 0 Å². The van der Waals surface area contributed by atoms with Crippen molar-refractivity contribution in [1.29, 1.82) is 0 Å². The molecule has 0 bridgehead atoms. The van der Waals surface area contributed by atoms with E-state index in [1.54, 1.807) is 24.3 Å². The Bertz CT molecular complexity index is 492. The second-order valence-electron chi connectivity index (χ2n) is 5.05. The van der Waals surface area contributed by atoms with Gasteiger partial charge < -0.3 is 5.73 Å². The van der Waals surface area contributed by atoms with Crippen LogP contribution in [0.1, 0.15) is 31.7 Å². The topological polar surface area (TPSA) is 72.2 Å². The average Bonchev–Trinajstić information content (AvgIpc) is 3.12. The minimum Gasteiger partial charge on any atom is -0.326 e. The van der Waals surface area contributed by atoms with E-state index >= 15 is 0 Å². The Labute approximate surface area is 109 Å². The lowest BCUT2D eigenvalue weighted by molar-refractivity contribution is 0.530. The Hall–Kier alpha value is -0.910. The highest BCUT2D eigenvalue weighted by Crippen LogP contribution is 2.33.